The van der Waals surface area contributed by atoms with Gasteiger partial charge >= 0.3 is 0 Å². The number of halogens is 7. The van der Waals surface area contributed by atoms with Gasteiger partial charge in [-0.05, 0) is 91.4 Å². The van der Waals surface area contributed by atoms with E-state index >= 15 is 8.78 Å². The van der Waals surface area contributed by atoms with Crippen molar-refractivity contribution >= 4 is 75.3 Å². The van der Waals surface area contributed by atoms with Crippen LogP contribution < -0.4 is 14.7 Å². The first-order chi connectivity index (χ1) is 27.4. The highest BCUT2D eigenvalue weighted by Gasteiger charge is 2.77. The van der Waals surface area contributed by atoms with Crippen molar-refractivity contribution in [1.82, 2.24) is 0 Å². The average molecular weight is 839 g/mol. The van der Waals surface area contributed by atoms with Gasteiger partial charge in [-0.15, -0.1) is 23.2 Å². The number of fused-ring (bicyclic) bond motifs is 4. The molecule has 298 valence electrons. The highest BCUT2D eigenvalue weighted by atomic mass is 35.5. The summed E-state index contributed by atoms with van der Waals surface area (Å²) in [4.78, 5) is 54.7. The number of imide groups is 2. The number of phenolic OH excluding ortho intramolecular Hbond substituents is 1. The molecule has 2 saturated heterocycles. The standard InChI is InChI=1S/C41H30Cl2F5N5O5/c1-18-16-19(4-15-27(18)54)29-24-13-14-25-28(37(56)52(36(25)55)23-11-7-21(8-12-23)50-49-20-5-9-22(10-6-20)51(2)3)26(24)17-40(42)38(57)53(39(58)41(29,40)43)35-33(47)31(45)30(44)32(46)34(35)48/h4-13,15-16,25-26,28-29,54H,14,17H2,1-3H3/t25-,26+,28-,29-,40+,41-/m0/s1. The molecule has 4 aromatic rings. The van der Waals surface area contributed by atoms with E-state index < -0.39 is 98.2 Å². The van der Waals surface area contributed by atoms with Gasteiger partial charge in [-0.2, -0.15) is 10.2 Å². The molecule has 4 amide bonds. The molecule has 4 aliphatic rings. The number of hydrogen-bond acceptors (Lipinski definition) is 8. The molecule has 3 fully saturated rings. The lowest BCUT2D eigenvalue weighted by Gasteiger charge is -2.50. The lowest BCUT2D eigenvalue weighted by molar-refractivity contribution is -0.125. The SMILES string of the molecule is Cc1cc([C@H]2C3=CC[C@@H]4C(=O)N(c5ccc(N=Nc6ccc(N(C)C)cc6)cc5)C(=O)[C@@H]4[C@@H]3C[C@@]3(Cl)C(=O)N(c4c(F)c(F)c(F)c(F)c4F)C(=O)[C@@]23Cl)ccc1O. The molecular formula is C41H30Cl2F5N5O5. The van der Waals surface area contributed by atoms with Gasteiger partial charge in [-0.25, -0.2) is 26.9 Å². The van der Waals surface area contributed by atoms with Crippen molar-refractivity contribution in [2.45, 2.75) is 35.4 Å². The zero-order valence-electron chi connectivity index (χ0n) is 30.6. The van der Waals surface area contributed by atoms with Crippen LogP contribution >= 0.6 is 23.2 Å². The van der Waals surface area contributed by atoms with Crippen LogP contribution in [0, 0.1) is 53.8 Å². The van der Waals surface area contributed by atoms with Crippen molar-refractivity contribution in [3.63, 3.8) is 0 Å². The Morgan fingerprint density at radius 2 is 1.31 bits per heavy atom. The summed E-state index contributed by atoms with van der Waals surface area (Å²) in [6.45, 7) is 1.52. The van der Waals surface area contributed by atoms with E-state index in [1.165, 1.54) is 37.3 Å². The maximum Gasteiger partial charge on any atom is 0.258 e. The number of aromatic hydroxyl groups is 1. The molecule has 17 heteroatoms. The predicted octanol–water partition coefficient (Wildman–Crippen LogP) is 8.65. The molecule has 58 heavy (non-hydrogen) atoms. The largest absolute Gasteiger partial charge is 0.508 e. The van der Waals surface area contributed by atoms with E-state index in [1.54, 1.807) is 30.3 Å². The lowest BCUT2D eigenvalue weighted by atomic mass is 9.56. The van der Waals surface area contributed by atoms with Crippen molar-refractivity contribution in [3.05, 3.63) is 119 Å². The fourth-order valence-electron chi connectivity index (χ4n) is 8.65. The Kier molecular flexibility index (Phi) is 9.27. The maximum atomic E-state index is 15.3. The van der Waals surface area contributed by atoms with Gasteiger partial charge in [-0.3, -0.25) is 24.1 Å². The van der Waals surface area contributed by atoms with E-state index in [-0.39, 0.29) is 39.5 Å². The minimum atomic E-state index is -2.67. The van der Waals surface area contributed by atoms with Crippen LogP contribution in [0.25, 0.3) is 0 Å². The number of allylic oxidation sites excluding steroid dienone is 2. The highest BCUT2D eigenvalue weighted by molar-refractivity contribution is 6.58. The predicted molar refractivity (Wildman–Crippen MR) is 203 cm³/mol. The zero-order chi connectivity index (χ0) is 41.7. The molecule has 0 bridgehead atoms. The molecule has 0 radical (unpaired) electrons. The summed E-state index contributed by atoms with van der Waals surface area (Å²) in [6.07, 6.45) is 0.925. The third-order valence-electron chi connectivity index (χ3n) is 11.5. The number of benzene rings is 4. The Morgan fingerprint density at radius 1 is 0.741 bits per heavy atom. The Bertz CT molecular complexity index is 2510. The molecule has 10 nitrogen and oxygen atoms in total. The molecule has 2 aliphatic heterocycles. The van der Waals surface area contributed by atoms with Crippen LogP contribution in [0.15, 0.2) is 88.6 Å². The van der Waals surface area contributed by atoms with Gasteiger partial charge in [-0.1, -0.05) is 23.8 Å². The van der Waals surface area contributed by atoms with Gasteiger partial charge in [0.2, 0.25) is 17.6 Å². The number of amides is 4. The Morgan fingerprint density at radius 3 is 1.88 bits per heavy atom. The van der Waals surface area contributed by atoms with Crippen molar-refractivity contribution in [2.75, 3.05) is 28.8 Å². The summed E-state index contributed by atoms with van der Waals surface area (Å²) in [5.41, 5.74) is 1.09. The maximum absolute atomic E-state index is 15.3. The number of phenols is 1. The molecule has 8 rings (SSSR count). The number of carbonyl (C=O) groups excluding carboxylic acids is 4. The average Bonchev–Trinajstić information content (AvgIpc) is 3.54. The second kappa shape index (κ2) is 13.7. The molecular weight excluding hydrogens is 808 g/mol. The van der Waals surface area contributed by atoms with E-state index in [9.17, 15) is 37.5 Å². The second-order valence-electron chi connectivity index (χ2n) is 14.9. The van der Waals surface area contributed by atoms with Crippen LogP contribution in [-0.4, -0.2) is 52.6 Å². The van der Waals surface area contributed by atoms with E-state index in [0.717, 1.165) is 10.6 Å². The third kappa shape index (κ3) is 5.49. The molecule has 4 aromatic carbocycles. The molecule has 1 N–H and O–H groups in total. The van der Waals surface area contributed by atoms with Crippen molar-refractivity contribution in [1.29, 1.82) is 0 Å². The van der Waals surface area contributed by atoms with Gasteiger partial charge in [0.1, 0.15) is 11.4 Å². The fourth-order valence-corrected chi connectivity index (χ4v) is 9.59. The first-order valence-corrected chi connectivity index (χ1v) is 18.6. The smallest absolute Gasteiger partial charge is 0.258 e. The summed E-state index contributed by atoms with van der Waals surface area (Å²) in [7, 11) is 3.82. The van der Waals surface area contributed by atoms with Crippen LogP contribution in [-0.2, 0) is 19.2 Å². The molecule has 2 aliphatic carbocycles. The van der Waals surface area contributed by atoms with Crippen LogP contribution in [0.4, 0.5) is 50.4 Å². The first-order valence-electron chi connectivity index (χ1n) is 17.9. The molecule has 6 atom stereocenters. The number of nitrogens with zero attached hydrogens (tertiary/aromatic N) is 5. The summed E-state index contributed by atoms with van der Waals surface area (Å²) in [6, 6.07) is 17.6. The first kappa shape index (κ1) is 39.2. The van der Waals surface area contributed by atoms with E-state index in [0.29, 0.717) is 11.4 Å². The van der Waals surface area contributed by atoms with Crippen LogP contribution in [0.3, 0.4) is 0 Å². The van der Waals surface area contributed by atoms with E-state index in [1.807, 2.05) is 31.1 Å². The van der Waals surface area contributed by atoms with Gasteiger partial charge in [0.15, 0.2) is 33.0 Å². The van der Waals surface area contributed by atoms with Gasteiger partial charge in [0, 0.05) is 25.7 Å². The zero-order valence-corrected chi connectivity index (χ0v) is 32.1. The Balaban J connectivity index is 1.18. The quantitative estimate of drug-likeness (QED) is 0.0395. The van der Waals surface area contributed by atoms with Crippen LogP contribution in [0.5, 0.6) is 5.75 Å². The summed E-state index contributed by atoms with van der Waals surface area (Å²) < 4.78 is 73.7. The van der Waals surface area contributed by atoms with Gasteiger partial charge in [0.25, 0.3) is 11.8 Å². The van der Waals surface area contributed by atoms with E-state index in [4.69, 9.17) is 23.2 Å². The topological polar surface area (TPSA) is 123 Å². The highest BCUT2D eigenvalue weighted by Crippen LogP contribution is 2.66. The third-order valence-corrected chi connectivity index (χ3v) is 12.9. The lowest BCUT2D eigenvalue weighted by Crippen LogP contribution is -2.60. The number of aryl methyl sites for hydroxylation is 1. The van der Waals surface area contributed by atoms with Crippen LogP contribution in [0.1, 0.15) is 29.9 Å². The van der Waals surface area contributed by atoms with Crippen molar-refractivity contribution < 1.29 is 46.2 Å². The molecule has 0 spiro atoms. The number of anilines is 3. The van der Waals surface area contributed by atoms with Crippen molar-refractivity contribution in [3.8, 4) is 5.75 Å². The summed E-state index contributed by atoms with van der Waals surface area (Å²) in [5.74, 6) is -21.6. The molecule has 1 saturated carbocycles. The van der Waals surface area contributed by atoms with Crippen molar-refractivity contribution in [2.24, 2.45) is 28.0 Å². The van der Waals surface area contributed by atoms with Gasteiger partial charge < -0.3 is 10.0 Å². The minimum absolute atomic E-state index is 0.0319. The fraction of sp³-hybridized carbons (Fsp3) is 0.268. The molecule has 2 heterocycles. The second-order valence-corrected chi connectivity index (χ2v) is 16.1. The number of carbonyl (C=O) groups is 4. The summed E-state index contributed by atoms with van der Waals surface area (Å²) >= 11 is 14.4. The molecule has 0 unspecified atom stereocenters. The Labute approximate surface area is 337 Å². The Hall–Kier alpha value is -5.67. The molecule has 0 aromatic heterocycles. The number of azo groups is 1. The number of rotatable bonds is 6. The monoisotopic (exact) mass is 837 g/mol. The number of hydrogen-bond donors (Lipinski definition) is 1. The van der Waals surface area contributed by atoms with Crippen LogP contribution in [0.2, 0.25) is 0 Å². The number of alkyl halides is 2. The normalized spacial score (nSPS) is 26.6. The summed E-state index contributed by atoms with van der Waals surface area (Å²) in [5, 5.41) is 18.8. The minimum Gasteiger partial charge on any atom is -0.508 e. The van der Waals surface area contributed by atoms with E-state index in [2.05, 4.69) is 10.2 Å². The van der Waals surface area contributed by atoms with Gasteiger partial charge in [0.05, 0.1) is 28.9 Å².